The minimum atomic E-state index is -3.57. The molecule has 7 heteroatoms. The fourth-order valence-corrected chi connectivity index (χ4v) is 4.73. The van der Waals surface area contributed by atoms with Gasteiger partial charge in [0.15, 0.2) is 11.5 Å². The fraction of sp³-hybridized carbons (Fsp3) is 0.429. The van der Waals surface area contributed by atoms with Crippen molar-refractivity contribution < 1.29 is 17.9 Å². The Morgan fingerprint density at radius 3 is 2.36 bits per heavy atom. The molecule has 152 valence electrons. The molecule has 0 fully saturated rings. The highest BCUT2D eigenvalue weighted by Gasteiger charge is 2.29. The van der Waals surface area contributed by atoms with E-state index in [-0.39, 0.29) is 10.9 Å². The molecular weight excluding hydrogens is 376 g/mol. The van der Waals surface area contributed by atoms with Crippen LogP contribution in [-0.4, -0.2) is 47.2 Å². The van der Waals surface area contributed by atoms with Gasteiger partial charge in [-0.1, -0.05) is 24.6 Å². The smallest absolute Gasteiger partial charge is 0.240 e. The van der Waals surface area contributed by atoms with Gasteiger partial charge in [0.25, 0.3) is 0 Å². The van der Waals surface area contributed by atoms with Crippen molar-refractivity contribution >= 4 is 10.0 Å². The van der Waals surface area contributed by atoms with E-state index in [2.05, 4.69) is 16.5 Å². The van der Waals surface area contributed by atoms with E-state index in [1.54, 1.807) is 38.5 Å². The number of ether oxygens (including phenoxy) is 2. The maximum absolute atomic E-state index is 12.7. The first-order valence-electron chi connectivity index (χ1n) is 9.44. The van der Waals surface area contributed by atoms with Crippen LogP contribution in [0.15, 0.2) is 41.3 Å². The van der Waals surface area contributed by atoms with E-state index in [1.807, 2.05) is 19.1 Å². The van der Waals surface area contributed by atoms with Gasteiger partial charge in [0.1, 0.15) is 0 Å². The van der Waals surface area contributed by atoms with Crippen molar-refractivity contribution in [2.75, 3.05) is 33.9 Å². The van der Waals surface area contributed by atoms with E-state index in [0.717, 1.165) is 30.6 Å². The molecular formula is C21H28N2O4S. The zero-order valence-electron chi connectivity index (χ0n) is 16.9. The number of aryl methyl sites for hydroxylation is 1. The Bertz CT molecular complexity index is 926. The Morgan fingerprint density at radius 1 is 1.11 bits per heavy atom. The number of nitrogens with zero attached hydrogens (tertiary/aromatic N) is 1. The third-order valence-corrected chi connectivity index (χ3v) is 6.76. The molecule has 1 heterocycles. The van der Waals surface area contributed by atoms with Crippen LogP contribution in [0.5, 0.6) is 11.5 Å². The molecule has 2 aromatic rings. The molecule has 3 rings (SSSR count). The molecule has 0 radical (unpaired) electrons. The summed E-state index contributed by atoms with van der Waals surface area (Å²) >= 11 is 0. The zero-order valence-corrected chi connectivity index (χ0v) is 17.7. The van der Waals surface area contributed by atoms with Gasteiger partial charge < -0.3 is 9.47 Å². The largest absolute Gasteiger partial charge is 0.493 e. The van der Waals surface area contributed by atoms with E-state index >= 15 is 0 Å². The van der Waals surface area contributed by atoms with Crippen molar-refractivity contribution in [1.29, 1.82) is 0 Å². The highest BCUT2D eigenvalue weighted by molar-refractivity contribution is 7.89. The van der Waals surface area contributed by atoms with Crippen molar-refractivity contribution in [2.45, 2.75) is 31.2 Å². The number of sulfonamides is 1. The predicted molar refractivity (Wildman–Crippen MR) is 110 cm³/mol. The van der Waals surface area contributed by atoms with Crippen LogP contribution in [0, 0.1) is 6.92 Å². The van der Waals surface area contributed by atoms with E-state index in [4.69, 9.17) is 9.47 Å². The van der Waals surface area contributed by atoms with Crippen molar-refractivity contribution in [1.82, 2.24) is 9.62 Å². The van der Waals surface area contributed by atoms with Gasteiger partial charge in [-0.05, 0) is 55.3 Å². The standard InChI is InChI=1S/C21H28N2O4S/c1-5-23-11-10-16-12-20(26-3)21(27-4)13-18(16)19(23)14-22-28(24,25)17-8-6-15(2)7-9-17/h6-9,12-13,19,22H,5,10-11,14H2,1-4H3/t19-/m0/s1. The second-order valence-electron chi connectivity index (χ2n) is 6.97. The lowest BCUT2D eigenvalue weighted by molar-refractivity contribution is 0.195. The van der Waals surface area contributed by atoms with Crippen molar-refractivity contribution in [3.05, 3.63) is 53.1 Å². The lowest BCUT2D eigenvalue weighted by atomic mass is 9.92. The predicted octanol–water partition coefficient (Wildman–Crippen LogP) is 2.91. The van der Waals surface area contributed by atoms with Crippen molar-refractivity contribution in [3.8, 4) is 11.5 Å². The van der Waals surface area contributed by atoms with Crippen LogP contribution in [0.25, 0.3) is 0 Å². The summed E-state index contributed by atoms with van der Waals surface area (Å²) in [7, 11) is -0.337. The summed E-state index contributed by atoms with van der Waals surface area (Å²) in [5, 5.41) is 0. The number of hydrogen-bond donors (Lipinski definition) is 1. The molecule has 1 aliphatic rings. The van der Waals surface area contributed by atoms with E-state index in [1.165, 1.54) is 5.56 Å². The van der Waals surface area contributed by atoms with Gasteiger partial charge in [0, 0.05) is 19.1 Å². The van der Waals surface area contributed by atoms with Gasteiger partial charge in [-0.2, -0.15) is 0 Å². The van der Waals surface area contributed by atoms with Crippen LogP contribution < -0.4 is 14.2 Å². The van der Waals surface area contributed by atoms with Gasteiger partial charge in [-0.25, -0.2) is 13.1 Å². The third kappa shape index (κ3) is 4.16. The maximum atomic E-state index is 12.7. The molecule has 2 aromatic carbocycles. The Kier molecular flexibility index (Phi) is 6.27. The molecule has 0 aliphatic carbocycles. The molecule has 6 nitrogen and oxygen atoms in total. The first-order chi connectivity index (χ1) is 13.4. The molecule has 0 aromatic heterocycles. The number of fused-ring (bicyclic) bond motifs is 1. The Labute approximate surface area is 167 Å². The van der Waals surface area contributed by atoms with Crippen molar-refractivity contribution in [2.24, 2.45) is 0 Å². The quantitative estimate of drug-likeness (QED) is 0.769. The van der Waals surface area contributed by atoms with E-state index in [0.29, 0.717) is 18.0 Å². The Morgan fingerprint density at radius 2 is 1.75 bits per heavy atom. The molecule has 28 heavy (non-hydrogen) atoms. The maximum Gasteiger partial charge on any atom is 0.240 e. The van der Waals surface area contributed by atoms with E-state index in [9.17, 15) is 8.42 Å². The number of hydrogen-bond acceptors (Lipinski definition) is 5. The minimum absolute atomic E-state index is 0.0613. The summed E-state index contributed by atoms with van der Waals surface area (Å²) in [5.41, 5.74) is 3.28. The van der Waals surface area contributed by atoms with Crippen LogP contribution in [0.3, 0.4) is 0 Å². The second-order valence-corrected chi connectivity index (χ2v) is 8.73. The lowest BCUT2D eigenvalue weighted by Crippen LogP contribution is -2.42. The first kappa shape index (κ1) is 20.6. The van der Waals surface area contributed by atoms with Crippen LogP contribution in [-0.2, 0) is 16.4 Å². The van der Waals surface area contributed by atoms with Gasteiger partial charge in [0.05, 0.1) is 19.1 Å². The molecule has 0 unspecified atom stereocenters. The SMILES string of the molecule is CCN1CCc2cc(OC)c(OC)cc2[C@@H]1CNS(=O)(=O)c1ccc(C)cc1. The first-order valence-corrected chi connectivity index (χ1v) is 10.9. The summed E-state index contributed by atoms with van der Waals surface area (Å²) in [5.74, 6) is 1.36. The van der Waals surface area contributed by atoms with Crippen LogP contribution in [0.4, 0.5) is 0 Å². The molecule has 0 saturated carbocycles. The monoisotopic (exact) mass is 404 g/mol. The molecule has 0 spiro atoms. The van der Waals surface area contributed by atoms with Crippen LogP contribution in [0.2, 0.25) is 0 Å². The average Bonchev–Trinajstić information content (AvgIpc) is 2.71. The number of rotatable bonds is 7. The Hall–Kier alpha value is -2.09. The number of benzene rings is 2. The molecule has 0 bridgehead atoms. The molecule has 0 amide bonds. The minimum Gasteiger partial charge on any atom is -0.493 e. The van der Waals surface area contributed by atoms with Gasteiger partial charge in [-0.15, -0.1) is 0 Å². The van der Waals surface area contributed by atoms with Crippen molar-refractivity contribution in [3.63, 3.8) is 0 Å². The highest BCUT2D eigenvalue weighted by atomic mass is 32.2. The van der Waals surface area contributed by atoms with Crippen LogP contribution >= 0.6 is 0 Å². The van der Waals surface area contributed by atoms with Gasteiger partial charge in [0.2, 0.25) is 10.0 Å². The third-order valence-electron chi connectivity index (χ3n) is 5.32. The highest BCUT2D eigenvalue weighted by Crippen LogP contribution is 2.37. The number of methoxy groups -OCH3 is 2. The molecule has 0 saturated heterocycles. The number of nitrogens with one attached hydrogen (secondary N) is 1. The molecule has 1 atom stereocenters. The fourth-order valence-electron chi connectivity index (χ4n) is 3.69. The van der Waals surface area contributed by atoms with Gasteiger partial charge in [-0.3, -0.25) is 4.90 Å². The summed E-state index contributed by atoms with van der Waals surface area (Å²) in [6.07, 6.45) is 0.894. The average molecular weight is 405 g/mol. The second kappa shape index (κ2) is 8.51. The number of likely N-dealkylation sites (N-methyl/N-ethyl adjacent to an activating group) is 1. The summed E-state index contributed by atoms with van der Waals surface area (Å²) < 4.78 is 39.2. The lowest BCUT2D eigenvalue weighted by Gasteiger charge is -2.37. The molecule has 1 aliphatic heterocycles. The Balaban J connectivity index is 1.89. The van der Waals surface area contributed by atoms with E-state index < -0.39 is 10.0 Å². The normalized spacial score (nSPS) is 17.2. The van der Waals surface area contributed by atoms with Crippen LogP contribution in [0.1, 0.15) is 29.7 Å². The summed E-state index contributed by atoms with van der Waals surface area (Å²) in [4.78, 5) is 2.57. The zero-order chi connectivity index (χ0) is 20.3. The van der Waals surface area contributed by atoms with Gasteiger partial charge >= 0.3 is 0 Å². The molecule has 1 N–H and O–H groups in total. The summed E-state index contributed by atoms with van der Waals surface area (Å²) in [6.45, 7) is 6.03. The summed E-state index contributed by atoms with van der Waals surface area (Å²) in [6, 6.07) is 10.8. The topological polar surface area (TPSA) is 67.9 Å².